The maximum atomic E-state index is 13.3. The number of carbonyl (C=O) groups excluding carboxylic acids is 4. The molecule has 0 bridgehead atoms. The van der Waals surface area contributed by atoms with Crippen LogP contribution in [-0.2, 0) is 22.7 Å². The van der Waals surface area contributed by atoms with Gasteiger partial charge in [-0.1, -0.05) is 24.3 Å². The number of ether oxygens (including phenoxy) is 1. The van der Waals surface area contributed by atoms with E-state index in [1.54, 1.807) is 41.6 Å². The van der Waals surface area contributed by atoms with Crippen LogP contribution in [0.25, 0.3) is 10.9 Å². The number of fused-ring (bicyclic) bond motifs is 1. The third kappa shape index (κ3) is 6.37. The average molecular weight is 608 g/mol. The van der Waals surface area contributed by atoms with Crippen LogP contribution < -0.4 is 20.7 Å². The van der Waals surface area contributed by atoms with E-state index in [0.29, 0.717) is 50.6 Å². The van der Waals surface area contributed by atoms with Gasteiger partial charge in [0.05, 0.1) is 12.1 Å². The smallest absolute Gasteiger partial charge is 0.328 e. The molecule has 12 heteroatoms. The molecule has 230 valence electrons. The lowest BCUT2D eigenvalue weighted by atomic mass is 9.91. The fraction of sp³-hybridized carbons (Fsp3) is 0.273. The van der Waals surface area contributed by atoms with Gasteiger partial charge in [-0.15, -0.1) is 0 Å². The van der Waals surface area contributed by atoms with Crippen molar-refractivity contribution in [2.45, 2.75) is 25.6 Å². The molecule has 2 aromatic heterocycles. The standard InChI is InChI=1S/C33H33N7O5/c1-22-17-25(27-6-2-3-7-28(27)36-22)20-45-26-10-8-24(9-11-26)29(41)35-21-33(30(42)37-32(44)38-31(33)43)40-15-13-39(14-16-40)19-23-5-4-12-34-18-23/h2-12,17-18H,13-16,19-21H2,1H3,(H,35,41)(H2,37,38,42,43,44). The van der Waals surface area contributed by atoms with Gasteiger partial charge < -0.3 is 10.1 Å². The number of rotatable bonds is 9. The van der Waals surface area contributed by atoms with Crippen molar-refractivity contribution in [2.75, 3.05) is 32.7 Å². The Hall–Kier alpha value is -5.20. The molecule has 2 aromatic carbocycles. The summed E-state index contributed by atoms with van der Waals surface area (Å²) in [5.74, 6) is -1.42. The minimum Gasteiger partial charge on any atom is -0.489 e. The number of piperazine rings is 1. The third-order valence-corrected chi connectivity index (χ3v) is 8.19. The van der Waals surface area contributed by atoms with E-state index in [9.17, 15) is 19.2 Å². The fourth-order valence-electron chi connectivity index (χ4n) is 5.83. The highest BCUT2D eigenvalue weighted by Gasteiger charge is 2.55. The quantitative estimate of drug-likeness (QED) is 0.244. The number of nitrogens with zero attached hydrogens (tertiary/aromatic N) is 4. The number of hydrogen-bond acceptors (Lipinski definition) is 9. The summed E-state index contributed by atoms with van der Waals surface area (Å²) < 4.78 is 6.01. The zero-order chi connectivity index (χ0) is 31.4. The number of imide groups is 2. The molecule has 0 saturated carbocycles. The summed E-state index contributed by atoms with van der Waals surface area (Å²) in [5, 5.41) is 8.20. The predicted molar refractivity (Wildman–Crippen MR) is 165 cm³/mol. The maximum absolute atomic E-state index is 13.3. The van der Waals surface area contributed by atoms with E-state index >= 15 is 0 Å². The summed E-state index contributed by atoms with van der Waals surface area (Å²) in [5.41, 5.74) is 2.41. The van der Waals surface area contributed by atoms with Crippen LogP contribution in [0, 0.1) is 6.92 Å². The van der Waals surface area contributed by atoms with Crippen molar-refractivity contribution in [3.8, 4) is 5.75 Å². The number of aromatic nitrogens is 2. The van der Waals surface area contributed by atoms with E-state index in [1.807, 2.05) is 49.4 Å². The second-order valence-electron chi connectivity index (χ2n) is 11.2. The van der Waals surface area contributed by atoms with Gasteiger partial charge in [-0.05, 0) is 55.0 Å². The monoisotopic (exact) mass is 607 g/mol. The Morgan fingerprint density at radius 1 is 0.956 bits per heavy atom. The Morgan fingerprint density at radius 2 is 1.69 bits per heavy atom. The summed E-state index contributed by atoms with van der Waals surface area (Å²) in [6.45, 7) is 4.55. The molecule has 0 aliphatic carbocycles. The highest BCUT2D eigenvalue weighted by Crippen LogP contribution is 2.23. The SMILES string of the molecule is Cc1cc(COc2ccc(C(=O)NCC3(N4CCN(Cc5cccnc5)CC4)C(=O)NC(=O)NC3=O)cc2)c2ccccc2n1. The molecule has 2 saturated heterocycles. The largest absolute Gasteiger partial charge is 0.489 e. The molecule has 6 rings (SSSR count). The van der Waals surface area contributed by atoms with Crippen LogP contribution in [0.5, 0.6) is 5.75 Å². The van der Waals surface area contributed by atoms with E-state index in [2.05, 4.69) is 30.8 Å². The molecule has 2 fully saturated rings. The third-order valence-electron chi connectivity index (χ3n) is 8.19. The van der Waals surface area contributed by atoms with Gasteiger partial charge in [0.15, 0.2) is 5.54 Å². The van der Waals surface area contributed by atoms with Crippen molar-refractivity contribution >= 4 is 34.7 Å². The van der Waals surface area contributed by atoms with Crippen molar-refractivity contribution in [1.29, 1.82) is 0 Å². The van der Waals surface area contributed by atoms with Gasteiger partial charge in [0, 0.05) is 67.3 Å². The van der Waals surface area contributed by atoms with E-state index < -0.39 is 29.3 Å². The van der Waals surface area contributed by atoms with Gasteiger partial charge >= 0.3 is 6.03 Å². The first-order chi connectivity index (χ1) is 21.8. The summed E-state index contributed by atoms with van der Waals surface area (Å²) >= 11 is 0. The summed E-state index contributed by atoms with van der Waals surface area (Å²) in [4.78, 5) is 64.3. The molecular weight excluding hydrogens is 574 g/mol. The van der Waals surface area contributed by atoms with Gasteiger partial charge in [0.2, 0.25) is 0 Å². The maximum Gasteiger partial charge on any atom is 0.328 e. The first-order valence-corrected chi connectivity index (χ1v) is 14.7. The molecule has 3 N–H and O–H groups in total. The highest BCUT2D eigenvalue weighted by atomic mass is 16.5. The van der Waals surface area contributed by atoms with E-state index in [4.69, 9.17) is 4.74 Å². The molecule has 0 spiro atoms. The molecular formula is C33H33N7O5. The summed E-state index contributed by atoms with van der Waals surface area (Å²) in [6.07, 6.45) is 3.52. The first kappa shape index (κ1) is 29.9. The number of aryl methyl sites for hydroxylation is 1. The minimum absolute atomic E-state index is 0.313. The zero-order valence-electron chi connectivity index (χ0n) is 24.8. The van der Waals surface area contributed by atoms with Gasteiger partial charge in [-0.3, -0.25) is 44.8 Å². The summed E-state index contributed by atoms with van der Waals surface area (Å²) in [6, 6.07) is 19.5. The van der Waals surface area contributed by atoms with Crippen LogP contribution in [0.15, 0.2) is 79.1 Å². The zero-order valence-corrected chi connectivity index (χ0v) is 24.8. The molecule has 2 aliphatic rings. The Kier molecular flexibility index (Phi) is 8.49. The first-order valence-electron chi connectivity index (χ1n) is 14.7. The number of benzene rings is 2. The van der Waals surface area contributed by atoms with Crippen LogP contribution in [0.1, 0.15) is 27.2 Å². The predicted octanol–water partition coefficient (Wildman–Crippen LogP) is 2.17. The van der Waals surface area contributed by atoms with Crippen LogP contribution >= 0.6 is 0 Å². The number of urea groups is 1. The number of para-hydroxylation sites is 1. The molecule has 0 atom stereocenters. The molecule has 2 aliphatic heterocycles. The van der Waals surface area contributed by atoms with Gasteiger partial charge in [-0.2, -0.15) is 0 Å². The average Bonchev–Trinajstić information content (AvgIpc) is 3.04. The molecule has 12 nitrogen and oxygen atoms in total. The van der Waals surface area contributed by atoms with Crippen LogP contribution in [0.2, 0.25) is 0 Å². The normalized spacial score (nSPS) is 17.0. The molecule has 45 heavy (non-hydrogen) atoms. The minimum atomic E-state index is -1.78. The lowest BCUT2D eigenvalue weighted by molar-refractivity contribution is -0.148. The second-order valence-corrected chi connectivity index (χ2v) is 11.2. The number of amides is 5. The lowest BCUT2D eigenvalue weighted by Crippen LogP contribution is -2.77. The van der Waals surface area contributed by atoms with E-state index in [0.717, 1.165) is 27.7 Å². The van der Waals surface area contributed by atoms with Crippen molar-refractivity contribution in [3.05, 3.63) is 102 Å². The number of nitrogens with one attached hydrogen (secondary N) is 3. The van der Waals surface area contributed by atoms with Crippen molar-refractivity contribution < 1.29 is 23.9 Å². The Morgan fingerprint density at radius 3 is 2.40 bits per heavy atom. The van der Waals surface area contributed by atoms with Gasteiger partial charge in [0.1, 0.15) is 12.4 Å². The Balaban J connectivity index is 1.10. The van der Waals surface area contributed by atoms with Crippen molar-refractivity contribution in [1.82, 2.24) is 35.7 Å². The molecule has 0 unspecified atom stereocenters. The fourth-order valence-corrected chi connectivity index (χ4v) is 5.83. The van der Waals surface area contributed by atoms with Crippen molar-refractivity contribution in [3.63, 3.8) is 0 Å². The molecule has 4 aromatic rings. The van der Waals surface area contributed by atoms with Gasteiger partial charge in [-0.25, -0.2) is 4.79 Å². The Labute approximate surface area is 259 Å². The lowest BCUT2D eigenvalue weighted by Gasteiger charge is -2.46. The molecule has 5 amide bonds. The van der Waals surface area contributed by atoms with E-state index in [1.165, 1.54) is 0 Å². The van der Waals surface area contributed by atoms with E-state index in [-0.39, 0.29) is 6.54 Å². The molecule has 4 heterocycles. The van der Waals surface area contributed by atoms with Crippen LogP contribution in [0.3, 0.4) is 0 Å². The summed E-state index contributed by atoms with van der Waals surface area (Å²) in [7, 11) is 0. The second kappa shape index (κ2) is 12.8. The number of barbiturate groups is 1. The Bertz CT molecular complexity index is 1720. The number of pyridine rings is 2. The van der Waals surface area contributed by atoms with Crippen LogP contribution in [-0.4, -0.2) is 81.8 Å². The number of carbonyl (C=O) groups is 4. The van der Waals surface area contributed by atoms with Gasteiger partial charge in [0.25, 0.3) is 17.7 Å². The molecule has 0 radical (unpaired) electrons. The van der Waals surface area contributed by atoms with Crippen LogP contribution in [0.4, 0.5) is 4.79 Å². The topological polar surface area (TPSA) is 146 Å². The van der Waals surface area contributed by atoms with Crippen molar-refractivity contribution in [2.24, 2.45) is 0 Å². The highest BCUT2D eigenvalue weighted by molar-refractivity contribution is 6.22. The number of hydrogen-bond donors (Lipinski definition) is 3.